The van der Waals surface area contributed by atoms with Crippen molar-refractivity contribution in [1.82, 2.24) is 9.80 Å². The summed E-state index contributed by atoms with van der Waals surface area (Å²) in [5.41, 5.74) is 0. The molecule has 0 atom stereocenters. The van der Waals surface area contributed by atoms with Gasteiger partial charge >= 0.3 is 0 Å². The highest BCUT2D eigenvalue weighted by atomic mass is 32.2. The molecule has 0 aromatic rings. The minimum Gasteiger partial charge on any atom is -0.382 e. The molecule has 1 rings (SSSR count). The molecule has 0 aromatic heterocycles. The lowest BCUT2D eigenvalue weighted by molar-refractivity contribution is -0.133. The number of hydrogen-bond acceptors (Lipinski definition) is 5. The van der Waals surface area contributed by atoms with Gasteiger partial charge in [-0.25, -0.2) is 8.42 Å². The standard InChI is InChI=1S/C13H26N2O4S/c1-3-19-11-4-5-13(16)15-8-6-14(7-9-15)10-12-20(2,17)18/h3-12H2,1-2H3. The van der Waals surface area contributed by atoms with Crippen LogP contribution in [0.3, 0.4) is 0 Å². The Kier molecular flexibility index (Phi) is 7.47. The number of sulfone groups is 1. The number of nitrogens with zero attached hydrogens (tertiary/aromatic N) is 2. The first-order valence-corrected chi connectivity index (χ1v) is 9.24. The Labute approximate surface area is 122 Å². The maximum absolute atomic E-state index is 11.9. The molecule has 1 aliphatic heterocycles. The summed E-state index contributed by atoms with van der Waals surface area (Å²) >= 11 is 0. The third-order valence-corrected chi connectivity index (χ3v) is 4.31. The molecule has 0 spiro atoms. The second kappa shape index (κ2) is 8.59. The largest absolute Gasteiger partial charge is 0.382 e. The van der Waals surface area contributed by atoms with E-state index < -0.39 is 9.84 Å². The first kappa shape index (κ1) is 17.4. The molecule has 0 unspecified atom stereocenters. The van der Waals surface area contributed by atoms with Crippen molar-refractivity contribution in [2.24, 2.45) is 0 Å². The van der Waals surface area contributed by atoms with E-state index in [1.54, 1.807) is 0 Å². The van der Waals surface area contributed by atoms with Crippen molar-refractivity contribution >= 4 is 15.7 Å². The predicted octanol–water partition coefficient (Wildman–Crippen LogP) is -0.00810. The van der Waals surface area contributed by atoms with Crippen LogP contribution in [0.4, 0.5) is 0 Å². The highest BCUT2D eigenvalue weighted by molar-refractivity contribution is 7.90. The number of amides is 1. The zero-order chi connectivity index (χ0) is 15.0. The molecule has 7 heteroatoms. The summed E-state index contributed by atoms with van der Waals surface area (Å²) in [4.78, 5) is 15.9. The van der Waals surface area contributed by atoms with E-state index in [0.717, 1.165) is 19.5 Å². The summed E-state index contributed by atoms with van der Waals surface area (Å²) in [6.07, 6.45) is 2.55. The molecule has 20 heavy (non-hydrogen) atoms. The summed E-state index contributed by atoms with van der Waals surface area (Å²) in [6.45, 7) is 6.72. The molecule has 118 valence electrons. The van der Waals surface area contributed by atoms with Gasteiger partial charge in [-0.1, -0.05) is 0 Å². The normalized spacial score (nSPS) is 17.4. The smallest absolute Gasteiger partial charge is 0.222 e. The van der Waals surface area contributed by atoms with Crippen molar-refractivity contribution < 1.29 is 17.9 Å². The molecule has 0 saturated carbocycles. The molecule has 0 radical (unpaired) electrons. The number of piperazine rings is 1. The Morgan fingerprint density at radius 1 is 1.20 bits per heavy atom. The van der Waals surface area contributed by atoms with Crippen molar-refractivity contribution in [2.45, 2.75) is 19.8 Å². The maximum atomic E-state index is 11.9. The highest BCUT2D eigenvalue weighted by Gasteiger charge is 2.21. The van der Waals surface area contributed by atoms with Crippen LogP contribution >= 0.6 is 0 Å². The van der Waals surface area contributed by atoms with Gasteiger partial charge in [0.2, 0.25) is 5.91 Å². The van der Waals surface area contributed by atoms with Crippen LogP contribution < -0.4 is 0 Å². The third-order valence-electron chi connectivity index (χ3n) is 3.39. The van der Waals surface area contributed by atoms with E-state index in [1.807, 2.05) is 11.8 Å². The predicted molar refractivity (Wildman–Crippen MR) is 78.5 cm³/mol. The maximum Gasteiger partial charge on any atom is 0.222 e. The zero-order valence-electron chi connectivity index (χ0n) is 12.5. The summed E-state index contributed by atoms with van der Waals surface area (Å²) < 4.78 is 27.4. The molecule has 1 aliphatic rings. The van der Waals surface area contributed by atoms with Gasteiger partial charge in [0.1, 0.15) is 9.84 Å². The van der Waals surface area contributed by atoms with Gasteiger partial charge in [0, 0.05) is 58.6 Å². The fourth-order valence-electron chi connectivity index (χ4n) is 2.14. The first-order valence-electron chi connectivity index (χ1n) is 7.18. The molecule has 1 fully saturated rings. The molecule has 6 nitrogen and oxygen atoms in total. The molecule has 0 aliphatic carbocycles. The lowest BCUT2D eigenvalue weighted by atomic mass is 10.2. The van der Waals surface area contributed by atoms with Gasteiger partial charge in [-0.15, -0.1) is 0 Å². The molecule has 1 heterocycles. The molecular formula is C13H26N2O4S. The minimum absolute atomic E-state index is 0.174. The fraction of sp³-hybridized carbons (Fsp3) is 0.923. The molecule has 1 amide bonds. The number of carbonyl (C=O) groups excluding carboxylic acids is 1. The average Bonchev–Trinajstić information content (AvgIpc) is 2.41. The van der Waals surface area contributed by atoms with Gasteiger partial charge in [0.25, 0.3) is 0 Å². The van der Waals surface area contributed by atoms with Crippen molar-refractivity contribution in [3.8, 4) is 0 Å². The van der Waals surface area contributed by atoms with Gasteiger partial charge in [-0.2, -0.15) is 0 Å². The number of rotatable bonds is 8. The first-order chi connectivity index (χ1) is 9.42. The quantitative estimate of drug-likeness (QED) is 0.590. The van der Waals surface area contributed by atoms with Crippen LogP contribution in [0.2, 0.25) is 0 Å². The van der Waals surface area contributed by atoms with Gasteiger partial charge in [0.15, 0.2) is 0 Å². The monoisotopic (exact) mass is 306 g/mol. The molecule has 0 aromatic carbocycles. The van der Waals surface area contributed by atoms with E-state index in [4.69, 9.17) is 4.74 Å². The minimum atomic E-state index is -2.91. The lowest BCUT2D eigenvalue weighted by Gasteiger charge is -2.34. The van der Waals surface area contributed by atoms with Crippen molar-refractivity contribution in [3.63, 3.8) is 0 Å². The van der Waals surface area contributed by atoms with E-state index in [9.17, 15) is 13.2 Å². The van der Waals surface area contributed by atoms with E-state index in [1.165, 1.54) is 6.26 Å². The second-order valence-electron chi connectivity index (χ2n) is 5.15. The summed E-state index contributed by atoms with van der Waals surface area (Å²) in [7, 11) is -2.91. The highest BCUT2D eigenvalue weighted by Crippen LogP contribution is 2.05. The third kappa shape index (κ3) is 7.21. The van der Waals surface area contributed by atoms with Crippen LogP contribution in [0.5, 0.6) is 0 Å². The SMILES string of the molecule is CCOCCCC(=O)N1CCN(CCS(C)(=O)=O)CC1. The van der Waals surface area contributed by atoms with Crippen LogP contribution in [-0.2, 0) is 19.4 Å². The molecular weight excluding hydrogens is 280 g/mol. The Morgan fingerprint density at radius 2 is 1.85 bits per heavy atom. The van der Waals surface area contributed by atoms with E-state index in [2.05, 4.69) is 4.90 Å². The van der Waals surface area contributed by atoms with E-state index in [-0.39, 0.29) is 11.7 Å². The molecule has 0 bridgehead atoms. The number of hydrogen-bond donors (Lipinski definition) is 0. The van der Waals surface area contributed by atoms with Crippen LogP contribution in [-0.4, -0.2) is 82.1 Å². The van der Waals surface area contributed by atoms with E-state index >= 15 is 0 Å². The van der Waals surface area contributed by atoms with Crippen LogP contribution in [0.1, 0.15) is 19.8 Å². The van der Waals surface area contributed by atoms with Crippen molar-refractivity contribution in [2.75, 3.05) is 57.9 Å². The number of carbonyl (C=O) groups is 1. The van der Waals surface area contributed by atoms with Crippen LogP contribution in [0, 0.1) is 0 Å². The van der Waals surface area contributed by atoms with Gasteiger partial charge < -0.3 is 9.64 Å². The zero-order valence-corrected chi connectivity index (χ0v) is 13.3. The summed E-state index contributed by atoms with van der Waals surface area (Å²) in [5.74, 6) is 0.363. The Balaban J connectivity index is 2.19. The van der Waals surface area contributed by atoms with Crippen LogP contribution in [0.25, 0.3) is 0 Å². The van der Waals surface area contributed by atoms with Crippen LogP contribution in [0.15, 0.2) is 0 Å². The fourth-order valence-corrected chi connectivity index (χ4v) is 2.73. The van der Waals surface area contributed by atoms with Crippen molar-refractivity contribution in [1.29, 1.82) is 0 Å². The number of ether oxygens (including phenoxy) is 1. The van der Waals surface area contributed by atoms with Gasteiger partial charge in [-0.05, 0) is 13.3 Å². The van der Waals surface area contributed by atoms with E-state index in [0.29, 0.717) is 39.3 Å². The van der Waals surface area contributed by atoms with Gasteiger partial charge in [0.05, 0.1) is 5.75 Å². The van der Waals surface area contributed by atoms with Crippen molar-refractivity contribution in [3.05, 3.63) is 0 Å². The second-order valence-corrected chi connectivity index (χ2v) is 7.41. The Morgan fingerprint density at radius 3 is 2.40 bits per heavy atom. The Bertz CT molecular complexity index is 389. The lowest BCUT2D eigenvalue weighted by Crippen LogP contribution is -2.49. The summed E-state index contributed by atoms with van der Waals surface area (Å²) in [5, 5.41) is 0. The Hall–Kier alpha value is -0.660. The average molecular weight is 306 g/mol. The van der Waals surface area contributed by atoms with Gasteiger partial charge in [-0.3, -0.25) is 9.69 Å². The summed E-state index contributed by atoms with van der Waals surface area (Å²) in [6, 6.07) is 0. The topological polar surface area (TPSA) is 66.9 Å². The molecule has 1 saturated heterocycles. The molecule has 0 N–H and O–H groups in total.